The molecule has 4 rings (SSSR count). The van der Waals surface area contributed by atoms with E-state index in [9.17, 15) is 9.59 Å². The highest BCUT2D eigenvalue weighted by molar-refractivity contribution is 7.15. The van der Waals surface area contributed by atoms with Gasteiger partial charge in [0.25, 0.3) is 5.91 Å². The predicted molar refractivity (Wildman–Crippen MR) is 99.9 cm³/mol. The number of primary amides is 1. The van der Waals surface area contributed by atoms with Crippen molar-refractivity contribution in [1.82, 2.24) is 14.3 Å². The van der Waals surface area contributed by atoms with E-state index in [0.29, 0.717) is 12.2 Å². The van der Waals surface area contributed by atoms with Crippen molar-refractivity contribution in [1.29, 1.82) is 0 Å². The van der Waals surface area contributed by atoms with E-state index < -0.39 is 12.0 Å². The highest BCUT2D eigenvalue weighted by atomic mass is 32.1. The fraction of sp³-hybridized carbons (Fsp3) is 0.278. The van der Waals surface area contributed by atoms with Gasteiger partial charge in [0.05, 0.1) is 26.0 Å². The molecule has 1 aromatic carbocycles. The molecule has 27 heavy (non-hydrogen) atoms. The van der Waals surface area contributed by atoms with Crippen LogP contribution in [0.1, 0.15) is 10.5 Å². The molecule has 0 saturated carbocycles. The molecule has 2 aromatic heterocycles. The molecule has 0 aliphatic carbocycles. The number of aromatic nitrogens is 2. The second-order valence-electron chi connectivity index (χ2n) is 6.14. The fourth-order valence-corrected chi connectivity index (χ4v) is 3.87. The van der Waals surface area contributed by atoms with Crippen molar-refractivity contribution in [3.63, 3.8) is 0 Å². The molecule has 2 amide bonds. The number of hydrogen-bond donors (Lipinski definition) is 1. The summed E-state index contributed by atoms with van der Waals surface area (Å²) in [5, 5.41) is 1.77. The van der Waals surface area contributed by atoms with Crippen molar-refractivity contribution in [3.05, 3.63) is 41.5 Å². The minimum Gasteiger partial charge on any atom is -0.497 e. The van der Waals surface area contributed by atoms with Crippen LogP contribution in [-0.4, -0.2) is 59.0 Å². The number of methoxy groups -OCH3 is 1. The van der Waals surface area contributed by atoms with E-state index >= 15 is 0 Å². The number of rotatable bonds is 4. The number of nitrogens with zero attached hydrogens (tertiary/aromatic N) is 3. The molecule has 1 aliphatic heterocycles. The molecule has 140 valence electrons. The Labute approximate surface area is 159 Å². The normalized spacial score (nSPS) is 17.2. The number of morpholine rings is 1. The van der Waals surface area contributed by atoms with Crippen LogP contribution in [0.3, 0.4) is 0 Å². The quantitative estimate of drug-likeness (QED) is 0.731. The maximum Gasteiger partial charge on any atom is 0.271 e. The second-order valence-corrected chi connectivity index (χ2v) is 6.98. The molecule has 3 aromatic rings. The number of imidazole rings is 1. The van der Waals surface area contributed by atoms with Crippen LogP contribution < -0.4 is 10.5 Å². The van der Waals surface area contributed by atoms with Gasteiger partial charge in [-0.1, -0.05) is 12.1 Å². The Hall–Kier alpha value is -2.91. The monoisotopic (exact) mass is 386 g/mol. The largest absolute Gasteiger partial charge is 0.497 e. The number of hydrogen-bond acceptors (Lipinski definition) is 6. The van der Waals surface area contributed by atoms with Crippen LogP contribution in [-0.2, 0) is 9.53 Å². The topological polar surface area (TPSA) is 99.2 Å². The highest BCUT2D eigenvalue weighted by Crippen LogP contribution is 2.27. The Balaban J connectivity index is 1.64. The van der Waals surface area contributed by atoms with Crippen molar-refractivity contribution < 1.29 is 19.1 Å². The molecule has 1 atom stereocenters. The number of amides is 2. The number of ether oxygens (including phenoxy) is 2. The van der Waals surface area contributed by atoms with E-state index in [1.165, 1.54) is 11.3 Å². The summed E-state index contributed by atoms with van der Waals surface area (Å²) in [6, 6.07) is 7.60. The Morgan fingerprint density at radius 3 is 3.04 bits per heavy atom. The zero-order valence-corrected chi connectivity index (χ0v) is 15.4. The van der Waals surface area contributed by atoms with Crippen LogP contribution in [0.5, 0.6) is 5.75 Å². The van der Waals surface area contributed by atoms with Crippen LogP contribution in [0.25, 0.3) is 16.2 Å². The SMILES string of the molecule is COc1cccc(-c2cn3c(C(=O)N4CCO[C@H](C(N)=O)C4)csc3n2)c1. The van der Waals surface area contributed by atoms with Gasteiger partial charge in [-0.15, -0.1) is 11.3 Å². The van der Waals surface area contributed by atoms with Crippen LogP contribution in [0.15, 0.2) is 35.8 Å². The first kappa shape index (κ1) is 17.5. The van der Waals surface area contributed by atoms with Gasteiger partial charge in [-0.2, -0.15) is 0 Å². The lowest BCUT2D eigenvalue weighted by molar-refractivity contribution is -0.133. The van der Waals surface area contributed by atoms with Gasteiger partial charge in [0.2, 0.25) is 5.91 Å². The summed E-state index contributed by atoms with van der Waals surface area (Å²) in [5.41, 5.74) is 7.47. The zero-order valence-electron chi connectivity index (χ0n) is 14.6. The van der Waals surface area contributed by atoms with Gasteiger partial charge in [-0.3, -0.25) is 14.0 Å². The summed E-state index contributed by atoms with van der Waals surface area (Å²) < 4.78 is 12.3. The Kier molecular flexibility index (Phi) is 4.54. The zero-order chi connectivity index (χ0) is 19.0. The lowest BCUT2D eigenvalue weighted by Gasteiger charge is -2.31. The van der Waals surface area contributed by atoms with Crippen molar-refractivity contribution >= 4 is 28.1 Å². The molecule has 0 radical (unpaired) electrons. The molecule has 3 heterocycles. The lowest BCUT2D eigenvalue weighted by atomic mass is 10.1. The lowest BCUT2D eigenvalue weighted by Crippen LogP contribution is -2.50. The number of fused-ring (bicyclic) bond motifs is 1. The van der Waals surface area contributed by atoms with Gasteiger partial charge in [0, 0.05) is 23.7 Å². The number of carbonyl (C=O) groups excluding carboxylic acids is 2. The highest BCUT2D eigenvalue weighted by Gasteiger charge is 2.29. The van der Waals surface area contributed by atoms with E-state index in [4.69, 9.17) is 15.2 Å². The van der Waals surface area contributed by atoms with E-state index in [1.54, 1.807) is 21.8 Å². The van der Waals surface area contributed by atoms with Crippen LogP contribution in [0, 0.1) is 0 Å². The fourth-order valence-electron chi connectivity index (χ4n) is 3.03. The summed E-state index contributed by atoms with van der Waals surface area (Å²) in [6.45, 7) is 0.853. The molecule has 0 unspecified atom stereocenters. The summed E-state index contributed by atoms with van der Waals surface area (Å²) in [4.78, 5) is 31.2. The van der Waals surface area contributed by atoms with Gasteiger partial charge >= 0.3 is 0 Å². The van der Waals surface area contributed by atoms with E-state index in [-0.39, 0.29) is 19.1 Å². The summed E-state index contributed by atoms with van der Waals surface area (Å²) in [5.74, 6) is 0.00210. The molecule has 8 nitrogen and oxygen atoms in total. The molecule has 2 N–H and O–H groups in total. The van der Waals surface area contributed by atoms with Crippen LogP contribution in [0.2, 0.25) is 0 Å². The number of nitrogens with two attached hydrogens (primary N) is 1. The maximum atomic E-state index is 12.9. The average Bonchev–Trinajstić information content (AvgIpc) is 3.28. The molecule has 0 spiro atoms. The standard InChI is InChI=1S/C18H18N4O4S/c1-25-12-4-2-3-11(7-12)13-8-22-14(10-27-18(22)20-13)17(24)21-5-6-26-15(9-21)16(19)23/h2-4,7-8,10,15H,5-6,9H2,1H3,(H2,19,23)/t15-/m0/s1. The summed E-state index contributed by atoms with van der Waals surface area (Å²) >= 11 is 1.39. The second kappa shape index (κ2) is 7.01. The first-order chi connectivity index (χ1) is 13.1. The van der Waals surface area contributed by atoms with Gasteiger partial charge in [0.1, 0.15) is 11.4 Å². The molecule has 9 heteroatoms. The molecular weight excluding hydrogens is 368 g/mol. The van der Waals surface area contributed by atoms with Crippen molar-refractivity contribution in [2.75, 3.05) is 26.8 Å². The molecular formula is C18H18N4O4S. The smallest absolute Gasteiger partial charge is 0.271 e. The first-order valence-electron chi connectivity index (χ1n) is 8.38. The summed E-state index contributed by atoms with van der Waals surface area (Å²) in [7, 11) is 1.61. The molecule has 1 saturated heterocycles. The minimum atomic E-state index is -0.771. The minimum absolute atomic E-state index is 0.156. The third kappa shape index (κ3) is 3.26. The van der Waals surface area contributed by atoms with Crippen molar-refractivity contribution in [2.24, 2.45) is 5.73 Å². The third-order valence-electron chi connectivity index (χ3n) is 4.46. The summed E-state index contributed by atoms with van der Waals surface area (Å²) in [6.07, 6.45) is 1.06. The Morgan fingerprint density at radius 2 is 2.26 bits per heavy atom. The first-order valence-corrected chi connectivity index (χ1v) is 9.26. The van der Waals surface area contributed by atoms with Crippen molar-refractivity contribution in [3.8, 4) is 17.0 Å². The van der Waals surface area contributed by atoms with E-state index in [2.05, 4.69) is 4.98 Å². The molecule has 1 fully saturated rings. The Morgan fingerprint density at radius 1 is 1.41 bits per heavy atom. The van der Waals surface area contributed by atoms with Gasteiger partial charge in [-0.25, -0.2) is 4.98 Å². The van der Waals surface area contributed by atoms with Crippen LogP contribution in [0.4, 0.5) is 0 Å². The van der Waals surface area contributed by atoms with E-state index in [0.717, 1.165) is 22.0 Å². The number of benzene rings is 1. The average molecular weight is 386 g/mol. The number of carbonyl (C=O) groups is 2. The molecule has 1 aliphatic rings. The Bertz CT molecular complexity index is 1010. The predicted octanol–water partition coefficient (Wildman–Crippen LogP) is 1.40. The van der Waals surface area contributed by atoms with Gasteiger partial charge in [-0.05, 0) is 12.1 Å². The van der Waals surface area contributed by atoms with E-state index in [1.807, 2.05) is 30.5 Å². The van der Waals surface area contributed by atoms with Gasteiger partial charge in [0.15, 0.2) is 11.1 Å². The number of thiazole rings is 1. The van der Waals surface area contributed by atoms with Crippen molar-refractivity contribution in [2.45, 2.75) is 6.10 Å². The maximum absolute atomic E-state index is 12.9. The van der Waals surface area contributed by atoms with Gasteiger partial charge < -0.3 is 20.1 Å². The molecule has 0 bridgehead atoms. The van der Waals surface area contributed by atoms with Crippen LogP contribution >= 0.6 is 11.3 Å². The third-order valence-corrected chi connectivity index (χ3v) is 5.30.